The van der Waals surface area contributed by atoms with Crippen molar-refractivity contribution in [1.82, 2.24) is 4.90 Å². The van der Waals surface area contributed by atoms with E-state index in [1.165, 1.54) is 16.2 Å². The smallest absolute Gasteiger partial charge is 0.0558 e. The highest BCUT2D eigenvalue weighted by atomic mass is 32.2. The van der Waals surface area contributed by atoms with Gasteiger partial charge in [0.15, 0.2) is 0 Å². The van der Waals surface area contributed by atoms with E-state index in [-0.39, 0.29) is 6.61 Å². The molecule has 1 aliphatic heterocycles. The number of benzene rings is 1. The number of aliphatic hydroxyl groups excluding tert-OH is 1. The van der Waals surface area contributed by atoms with Crippen LogP contribution < -0.4 is 0 Å². The van der Waals surface area contributed by atoms with Crippen LogP contribution in [-0.4, -0.2) is 42.5 Å². The minimum absolute atomic E-state index is 0.248. The van der Waals surface area contributed by atoms with Gasteiger partial charge in [0.2, 0.25) is 0 Å². The van der Waals surface area contributed by atoms with Gasteiger partial charge in [-0.3, -0.25) is 0 Å². The first-order chi connectivity index (χ1) is 7.31. The third-order valence-corrected chi connectivity index (χ3v) is 4.06. The van der Waals surface area contributed by atoms with Gasteiger partial charge in [-0.2, -0.15) is 0 Å². The first-order valence-electron chi connectivity index (χ1n) is 5.32. The molecule has 1 atom stereocenters. The largest absolute Gasteiger partial charge is 0.395 e. The van der Waals surface area contributed by atoms with Crippen molar-refractivity contribution in [2.75, 3.05) is 32.5 Å². The third-order valence-electron chi connectivity index (χ3n) is 2.81. The van der Waals surface area contributed by atoms with E-state index in [1.807, 2.05) is 11.8 Å². The molecule has 3 heteroatoms. The van der Waals surface area contributed by atoms with Crippen molar-refractivity contribution in [2.24, 2.45) is 0 Å². The van der Waals surface area contributed by atoms with Gasteiger partial charge in [-0.05, 0) is 18.7 Å². The van der Waals surface area contributed by atoms with Crippen molar-refractivity contribution < 1.29 is 5.11 Å². The molecule has 2 nitrogen and oxygen atoms in total. The first kappa shape index (κ1) is 11.0. The molecule has 0 saturated carbocycles. The van der Waals surface area contributed by atoms with Crippen LogP contribution in [-0.2, 0) is 0 Å². The number of rotatable bonds is 4. The van der Waals surface area contributed by atoms with Gasteiger partial charge in [-0.15, -0.1) is 11.8 Å². The monoisotopic (exact) mass is 223 g/mol. The van der Waals surface area contributed by atoms with Crippen LogP contribution in [0.5, 0.6) is 0 Å². The van der Waals surface area contributed by atoms with Gasteiger partial charge >= 0.3 is 0 Å². The maximum absolute atomic E-state index is 8.86. The van der Waals surface area contributed by atoms with E-state index in [4.69, 9.17) is 5.11 Å². The van der Waals surface area contributed by atoms with Crippen molar-refractivity contribution in [3.05, 3.63) is 29.8 Å². The zero-order chi connectivity index (χ0) is 10.7. The fraction of sp³-hybridized carbons (Fsp3) is 0.500. The van der Waals surface area contributed by atoms with Crippen LogP contribution in [0.25, 0.3) is 0 Å². The van der Waals surface area contributed by atoms with Gasteiger partial charge in [0.25, 0.3) is 0 Å². The van der Waals surface area contributed by atoms with Crippen LogP contribution in [0.2, 0.25) is 0 Å². The standard InChI is InChI=1S/C12H17NOS/c1-13(6-7-14)8-10-9-15-12-5-3-2-4-11(10)12/h2-5,10,14H,6-9H2,1H3. The summed E-state index contributed by atoms with van der Waals surface area (Å²) in [7, 11) is 2.07. The van der Waals surface area contributed by atoms with E-state index in [1.54, 1.807) is 0 Å². The number of nitrogens with zero attached hydrogens (tertiary/aromatic N) is 1. The van der Waals surface area contributed by atoms with Crippen LogP contribution >= 0.6 is 11.8 Å². The van der Waals surface area contributed by atoms with Crippen LogP contribution in [0.4, 0.5) is 0 Å². The van der Waals surface area contributed by atoms with Crippen LogP contribution in [0.3, 0.4) is 0 Å². The van der Waals surface area contributed by atoms with Gasteiger partial charge in [0.1, 0.15) is 0 Å². The van der Waals surface area contributed by atoms with Gasteiger partial charge in [0, 0.05) is 29.7 Å². The molecule has 0 aliphatic carbocycles. The normalized spacial score (nSPS) is 19.5. The molecule has 1 aromatic carbocycles. The second-order valence-corrected chi connectivity index (χ2v) is 5.09. The molecule has 0 bridgehead atoms. The molecule has 0 radical (unpaired) electrons. The molecule has 1 N–H and O–H groups in total. The zero-order valence-corrected chi connectivity index (χ0v) is 9.83. The predicted molar refractivity (Wildman–Crippen MR) is 64.5 cm³/mol. The van der Waals surface area contributed by atoms with E-state index < -0.39 is 0 Å². The van der Waals surface area contributed by atoms with Crippen LogP contribution in [0, 0.1) is 0 Å². The molecule has 1 aliphatic rings. The SMILES string of the molecule is CN(CCO)CC1CSc2ccccc21. The molecule has 0 saturated heterocycles. The van der Waals surface area contributed by atoms with Crippen molar-refractivity contribution in [1.29, 1.82) is 0 Å². The Morgan fingerprint density at radius 3 is 3.07 bits per heavy atom. The third kappa shape index (κ3) is 2.54. The highest BCUT2D eigenvalue weighted by Crippen LogP contribution is 2.39. The average Bonchev–Trinajstić information content (AvgIpc) is 2.62. The molecule has 0 fully saturated rings. The Balaban J connectivity index is 2.01. The molecule has 0 spiro atoms. The minimum atomic E-state index is 0.248. The summed E-state index contributed by atoms with van der Waals surface area (Å²) >= 11 is 1.95. The Labute approximate surface area is 95.3 Å². The maximum atomic E-state index is 8.86. The van der Waals surface area contributed by atoms with Crippen LogP contribution in [0.1, 0.15) is 11.5 Å². The topological polar surface area (TPSA) is 23.5 Å². The van der Waals surface area contributed by atoms with Crippen molar-refractivity contribution >= 4 is 11.8 Å². The molecule has 0 amide bonds. The first-order valence-corrected chi connectivity index (χ1v) is 6.31. The Bertz CT molecular complexity index is 329. The van der Waals surface area contributed by atoms with E-state index in [9.17, 15) is 0 Å². The second-order valence-electron chi connectivity index (χ2n) is 4.03. The fourth-order valence-corrected chi connectivity index (χ4v) is 3.26. The lowest BCUT2D eigenvalue weighted by Crippen LogP contribution is -2.27. The Hall–Kier alpha value is -0.510. The number of likely N-dealkylation sites (N-methyl/N-ethyl adjacent to an activating group) is 1. The lowest BCUT2D eigenvalue weighted by atomic mass is 10.0. The molecule has 0 aromatic heterocycles. The molecule has 1 unspecified atom stereocenters. The Kier molecular flexibility index (Phi) is 3.67. The summed E-state index contributed by atoms with van der Waals surface area (Å²) in [6.45, 7) is 2.06. The van der Waals surface area contributed by atoms with Gasteiger partial charge in [-0.1, -0.05) is 18.2 Å². The molecular formula is C12H17NOS. The Morgan fingerprint density at radius 1 is 1.47 bits per heavy atom. The van der Waals surface area contributed by atoms with Crippen molar-refractivity contribution in [2.45, 2.75) is 10.8 Å². The lowest BCUT2D eigenvalue weighted by molar-refractivity contribution is 0.217. The summed E-state index contributed by atoms with van der Waals surface area (Å²) in [6.07, 6.45) is 0. The average molecular weight is 223 g/mol. The highest BCUT2D eigenvalue weighted by Gasteiger charge is 2.23. The zero-order valence-electron chi connectivity index (χ0n) is 9.02. The summed E-state index contributed by atoms with van der Waals surface area (Å²) in [4.78, 5) is 3.63. The van der Waals surface area contributed by atoms with Crippen LogP contribution in [0.15, 0.2) is 29.2 Å². The van der Waals surface area contributed by atoms with Gasteiger partial charge in [0.05, 0.1) is 6.61 Å². The van der Waals surface area contributed by atoms with E-state index >= 15 is 0 Å². The summed E-state index contributed by atoms with van der Waals surface area (Å²) in [6, 6.07) is 8.65. The number of aliphatic hydroxyl groups is 1. The van der Waals surface area contributed by atoms with E-state index in [0.29, 0.717) is 5.92 Å². The number of thioether (sulfide) groups is 1. The number of hydrogen-bond acceptors (Lipinski definition) is 3. The molecule has 1 aromatic rings. The Morgan fingerprint density at radius 2 is 2.27 bits per heavy atom. The lowest BCUT2D eigenvalue weighted by Gasteiger charge is -2.20. The number of hydrogen-bond donors (Lipinski definition) is 1. The molecule has 2 rings (SSSR count). The molecule has 15 heavy (non-hydrogen) atoms. The van der Waals surface area contributed by atoms with E-state index in [2.05, 4.69) is 36.2 Å². The quantitative estimate of drug-likeness (QED) is 0.842. The molecule has 82 valence electrons. The second kappa shape index (κ2) is 5.01. The highest BCUT2D eigenvalue weighted by molar-refractivity contribution is 7.99. The fourth-order valence-electron chi connectivity index (χ4n) is 2.02. The maximum Gasteiger partial charge on any atom is 0.0558 e. The summed E-state index contributed by atoms with van der Waals surface area (Å²) < 4.78 is 0. The predicted octanol–water partition coefficient (Wildman–Crippen LogP) is 1.80. The van der Waals surface area contributed by atoms with Gasteiger partial charge < -0.3 is 10.0 Å². The molecular weight excluding hydrogens is 206 g/mol. The van der Waals surface area contributed by atoms with Crippen molar-refractivity contribution in [3.63, 3.8) is 0 Å². The summed E-state index contributed by atoms with van der Waals surface area (Å²) in [5, 5.41) is 8.86. The molecule has 1 heterocycles. The van der Waals surface area contributed by atoms with Crippen molar-refractivity contribution in [3.8, 4) is 0 Å². The summed E-state index contributed by atoms with van der Waals surface area (Å²) in [5.74, 6) is 1.80. The minimum Gasteiger partial charge on any atom is -0.395 e. The summed E-state index contributed by atoms with van der Waals surface area (Å²) in [5.41, 5.74) is 1.48. The van der Waals surface area contributed by atoms with Gasteiger partial charge in [-0.25, -0.2) is 0 Å². The number of fused-ring (bicyclic) bond motifs is 1. The van der Waals surface area contributed by atoms with E-state index in [0.717, 1.165) is 13.1 Å².